The molecule has 0 N–H and O–H groups in total. The number of benzene rings is 4. The highest BCUT2D eigenvalue weighted by Gasteiger charge is 2.20. The van der Waals surface area contributed by atoms with Crippen molar-refractivity contribution in [2.75, 3.05) is 32.8 Å². The second kappa shape index (κ2) is 18.4. The van der Waals surface area contributed by atoms with Gasteiger partial charge in [-0.2, -0.15) is 5.26 Å². The number of halogens is 1. The molecule has 1 aromatic heterocycles. The van der Waals surface area contributed by atoms with E-state index >= 15 is 0 Å². The number of piperazine rings is 1. The molecular weight excluding hydrogens is 696 g/mol. The zero-order valence-electron chi connectivity index (χ0n) is 31.0. The molecule has 1 saturated heterocycles. The van der Waals surface area contributed by atoms with Gasteiger partial charge in [-0.25, -0.2) is 4.98 Å². The van der Waals surface area contributed by atoms with Crippen LogP contribution in [0.1, 0.15) is 58.7 Å². The average Bonchev–Trinajstić information content (AvgIpc) is 3.19. The van der Waals surface area contributed by atoms with Gasteiger partial charge in [-0.1, -0.05) is 80.0 Å². The van der Waals surface area contributed by atoms with Crippen molar-refractivity contribution >= 4 is 23.6 Å². The topological polar surface area (TPSA) is 87.9 Å². The predicted molar refractivity (Wildman–Crippen MR) is 213 cm³/mol. The van der Waals surface area contributed by atoms with Crippen molar-refractivity contribution < 1.29 is 19.0 Å². The van der Waals surface area contributed by atoms with Crippen LogP contribution in [0, 0.1) is 18.3 Å². The van der Waals surface area contributed by atoms with Gasteiger partial charge in [0.05, 0.1) is 29.5 Å². The SMILES string of the molecule is Cc1cc(/C=C/C(=O)N2CCN(Cc3ccc(CCOc4ccc(C(C)C)cc4)cc3)CC2)cc(Cl)c1Oc1ccc(OCc2ccccc2C#N)cn1. The number of ether oxygens (including phenoxy) is 3. The molecule has 54 heavy (non-hydrogen) atoms. The third-order valence-corrected chi connectivity index (χ3v) is 9.72. The first-order chi connectivity index (χ1) is 26.2. The second-order valence-corrected chi connectivity index (χ2v) is 14.1. The van der Waals surface area contributed by atoms with Gasteiger partial charge in [0.25, 0.3) is 0 Å². The number of hydrogen-bond acceptors (Lipinski definition) is 7. The molecule has 0 atom stereocenters. The quantitative estimate of drug-likeness (QED) is 0.105. The van der Waals surface area contributed by atoms with Crippen LogP contribution in [0.25, 0.3) is 6.08 Å². The molecule has 1 aliphatic heterocycles. The zero-order chi connectivity index (χ0) is 37.9. The lowest BCUT2D eigenvalue weighted by Gasteiger charge is -2.34. The second-order valence-electron chi connectivity index (χ2n) is 13.7. The summed E-state index contributed by atoms with van der Waals surface area (Å²) in [4.78, 5) is 21.7. The summed E-state index contributed by atoms with van der Waals surface area (Å²) in [7, 11) is 0. The van der Waals surface area contributed by atoms with Gasteiger partial charge < -0.3 is 19.1 Å². The Hall–Kier alpha value is -5.62. The molecule has 1 fully saturated rings. The lowest BCUT2D eigenvalue weighted by Crippen LogP contribution is -2.47. The van der Waals surface area contributed by atoms with Crippen LogP contribution < -0.4 is 14.2 Å². The molecule has 0 aliphatic carbocycles. The van der Waals surface area contributed by atoms with Gasteiger partial charge in [-0.3, -0.25) is 9.69 Å². The first kappa shape index (κ1) is 38.1. The maximum atomic E-state index is 13.1. The van der Waals surface area contributed by atoms with E-state index in [9.17, 15) is 10.1 Å². The highest BCUT2D eigenvalue weighted by molar-refractivity contribution is 6.32. The van der Waals surface area contributed by atoms with E-state index in [2.05, 4.69) is 66.2 Å². The highest BCUT2D eigenvalue weighted by atomic mass is 35.5. The summed E-state index contributed by atoms with van der Waals surface area (Å²) in [6, 6.07) is 33.8. The standard InChI is InChI=1S/C45H45ClN4O4/c1-32(2)37-13-15-40(16-14-37)52-25-20-34-8-10-35(11-9-34)30-49-21-23-50(24-22-49)44(51)19-12-36-26-33(3)45(42(46)27-36)54-43-18-17-41(29-48-43)53-31-39-7-5-4-6-38(39)28-47/h4-19,26-27,29,32H,20-25,30-31H2,1-3H3/b19-12+. The minimum absolute atomic E-state index is 0.0196. The van der Waals surface area contributed by atoms with Crippen LogP contribution in [0.3, 0.4) is 0 Å². The summed E-state index contributed by atoms with van der Waals surface area (Å²) in [5.41, 5.74) is 6.83. The van der Waals surface area contributed by atoms with Crippen molar-refractivity contribution in [3.8, 4) is 29.2 Å². The number of nitriles is 1. The van der Waals surface area contributed by atoms with E-state index in [1.165, 1.54) is 16.7 Å². The maximum Gasteiger partial charge on any atom is 0.246 e. The number of hydrogen-bond donors (Lipinski definition) is 0. The van der Waals surface area contributed by atoms with Crippen LogP contribution in [-0.2, 0) is 24.4 Å². The smallest absolute Gasteiger partial charge is 0.246 e. The molecule has 1 amide bonds. The fourth-order valence-corrected chi connectivity index (χ4v) is 6.53. The Morgan fingerprint density at radius 2 is 1.63 bits per heavy atom. The first-order valence-corrected chi connectivity index (χ1v) is 18.7. The van der Waals surface area contributed by atoms with Crippen LogP contribution in [0.15, 0.2) is 109 Å². The van der Waals surface area contributed by atoms with E-state index in [0.717, 1.165) is 48.5 Å². The van der Waals surface area contributed by atoms with Gasteiger partial charge >= 0.3 is 0 Å². The number of carbonyl (C=O) groups excluding carboxylic acids is 1. The van der Waals surface area contributed by atoms with Crippen LogP contribution in [0.4, 0.5) is 0 Å². The Morgan fingerprint density at radius 3 is 2.31 bits per heavy atom. The van der Waals surface area contributed by atoms with Crippen LogP contribution in [0.2, 0.25) is 5.02 Å². The Labute approximate surface area is 323 Å². The molecule has 9 heteroatoms. The molecule has 0 radical (unpaired) electrons. The van der Waals surface area contributed by atoms with E-state index in [1.54, 1.807) is 42.6 Å². The van der Waals surface area contributed by atoms with E-state index in [-0.39, 0.29) is 12.5 Å². The van der Waals surface area contributed by atoms with Gasteiger partial charge in [0.1, 0.15) is 18.1 Å². The number of nitrogens with zero attached hydrogens (tertiary/aromatic N) is 4. The van der Waals surface area contributed by atoms with Crippen LogP contribution in [-0.4, -0.2) is 53.5 Å². The summed E-state index contributed by atoms with van der Waals surface area (Å²) in [5.74, 6) is 2.81. The molecular formula is C45H45ClN4O4. The fourth-order valence-electron chi connectivity index (χ4n) is 6.22. The van der Waals surface area contributed by atoms with E-state index in [0.29, 0.717) is 53.6 Å². The minimum Gasteiger partial charge on any atom is -0.493 e. The summed E-state index contributed by atoms with van der Waals surface area (Å²) in [6.45, 7) is 11.0. The maximum absolute atomic E-state index is 13.1. The summed E-state index contributed by atoms with van der Waals surface area (Å²) >= 11 is 6.63. The molecule has 4 aromatic carbocycles. The normalized spacial score (nSPS) is 13.2. The highest BCUT2D eigenvalue weighted by Crippen LogP contribution is 2.34. The molecule has 8 nitrogen and oxygen atoms in total. The zero-order valence-corrected chi connectivity index (χ0v) is 31.8. The van der Waals surface area contributed by atoms with E-state index < -0.39 is 0 Å². The average molecular weight is 741 g/mol. The van der Waals surface area contributed by atoms with Gasteiger partial charge in [-0.05, 0) is 83.1 Å². The molecule has 5 aromatic rings. The first-order valence-electron chi connectivity index (χ1n) is 18.3. The largest absolute Gasteiger partial charge is 0.493 e. The number of aromatic nitrogens is 1. The molecule has 2 heterocycles. The van der Waals surface area contributed by atoms with Crippen molar-refractivity contribution in [1.29, 1.82) is 5.26 Å². The van der Waals surface area contributed by atoms with E-state index in [1.807, 2.05) is 48.2 Å². The number of aryl methyl sites for hydroxylation is 1. The van der Waals surface area contributed by atoms with Gasteiger partial charge in [0, 0.05) is 56.9 Å². The lowest BCUT2D eigenvalue weighted by atomic mass is 10.0. The number of rotatable bonds is 14. The van der Waals surface area contributed by atoms with Crippen LogP contribution >= 0.6 is 11.6 Å². The third kappa shape index (κ3) is 10.5. The number of pyridine rings is 1. The minimum atomic E-state index is -0.0196. The molecule has 1 aliphatic rings. The van der Waals surface area contributed by atoms with Crippen molar-refractivity contribution in [2.45, 2.75) is 46.3 Å². The van der Waals surface area contributed by atoms with Crippen LogP contribution in [0.5, 0.6) is 23.1 Å². The summed E-state index contributed by atoms with van der Waals surface area (Å²) < 4.78 is 17.8. The Morgan fingerprint density at radius 1 is 0.907 bits per heavy atom. The Kier molecular flexibility index (Phi) is 13.0. The fraction of sp³-hybridized carbons (Fsp3) is 0.267. The van der Waals surface area contributed by atoms with Gasteiger partial charge in [0.2, 0.25) is 11.8 Å². The molecule has 276 valence electrons. The monoisotopic (exact) mass is 740 g/mol. The van der Waals surface area contributed by atoms with Gasteiger partial charge in [0.15, 0.2) is 5.75 Å². The van der Waals surface area contributed by atoms with Crippen molar-refractivity contribution in [3.63, 3.8) is 0 Å². The summed E-state index contributed by atoms with van der Waals surface area (Å²) in [5, 5.41) is 9.71. The molecule has 0 spiro atoms. The number of carbonyl (C=O) groups is 1. The predicted octanol–water partition coefficient (Wildman–Crippen LogP) is 9.39. The van der Waals surface area contributed by atoms with Crippen molar-refractivity contribution in [1.82, 2.24) is 14.8 Å². The lowest BCUT2D eigenvalue weighted by molar-refractivity contribution is -0.127. The van der Waals surface area contributed by atoms with Crippen molar-refractivity contribution in [3.05, 3.63) is 153 Å². The molecule has 0 saturated carbocycles. The number of amides is 1. The molecule has 0 unspecified atom stereocenters. The molecule has 6 rings (SSSR count). The summed E-state index contributed by atoms with van der Waals surface area (Å²) in [6.07, 6.45) is 5.83. The van der Waals surface area contributed by atoms with Gasteiger partial charge in [-0.15, -0.1) is 0 Å². The Bertz CT molecular complexity index is 2060. The Balaban J connectivity index is 0.927. The van der Waals surface area contributed by atoms with E-state index in [4.69, 9.17) is 25.8 Å². The van der Waals surface area contributed by atoms with Crippen molar-refractivity contribution in [2.24, 2.45) is 0 Å². The molecule has 0 bridgehead atoms. The third-order valence-electron chi connectivity index (χ3n) is 9.44.